The first kappa shape index (κ1) is 31.0. The molecular weight excluding hydrogens is 612 g/mol. The smallest absolute Gasteiger partial charge is 0.341 e. The lowest BCUT2D eigenvalue weighted by Gasteiger charge is -2.07. The number of hydrogen-bond acceptors (Lipinski definition) is 12. The average Bonchev–Trinajstić information content (AvgIpc) is 3.33. The molecule has 224 valence electrons. The van der Waals surface area contributed by atoms with Gasteiger partial charge in [-0.2, -0.15) is 4.99 Å². The van der Waals surface area contributed by atoms with Gasteiger partial charge in [-0.05, 0) is 37.3 Å². The quantitative estimate of drug-likeness (QED) is 0.157. The van der Waals surface area contributed by atoms with Crippen LogP contribution in [0.15, 0.2) is 23.2 Å². The predicted octanol–water partition coefficient (Wildman–Crippen LogP) is 2.38. The molecule has 2 aromatic heterocycles. The van der Waals surface area contributed by atoms with Crippen LogP contribution in [0.5, 0.6) is 0 Å². The Kier molecular flexibility index (Phi) is 9.53. The number of esters is 2. The number of amides is 2. The maximum Gasteiger partial charge on any atom is 0.341 e. The first-order chi connectivity index (χ1) is 19.9. The van der Waals surface area contributed by atoms with Crippen molar-refractivity contribution in [1.29, 1.82) is 0 Å². The zero-order chi connectivity index (χ0) is 30.6. The SMILES string of the molecule is COC(=O)Cn1c(=NC(=O)CS(=O)(=O)CC(=O)Nc2sc3c(c2C(=O)OC)CCCCC3)sc2cc([N+](=O)[O-])ccc21. The summed E-state index contributed by atoms with van der Waals surface area (Å²) >= 11 is 2.05. The minimum absolute atomic E-state index is 0.0802. The van der Waals surface area contributed by atoms with Gasteiger partial charge in [0.05, 0.1) is 34.9 Å². The third-order valence-corrected chi connectivity index (χ3v) is 10.0. The van der Waals surface area contributed by atoms with Gasteiger partial charge in [-0.25, -0.2) is 13.2 Å². The van der Waals surface area contributed by atoms with Gasteiger partial charge in [-0.1, -0.05) is 17.8 Å². The Morgan fingerprint density at radius 2 is 1.81 bits per heavy atom. The van der Waals surface area contributed by atoms with Gasteiger partial charge >= 0.3 is 11.9 Å². The standard InChI is InChI=1S/C25H26N4O10S3/c1-38-21(32)11-28-16-9-8-14(29(34)35)10-18(16)41-25(28)27-20(31)13-42(36,37)12-19(30)26-23-22(24(33)39-2)15-6-4-3-5-7-17(15)40-23/h8-10H,3-7,11-13H2,1-2H3,(H,26,30). The molecule has 0 bridgehead atoms. The molecule has 2 amide bonds. The van der Waals surface area contributed by atoms with Crippen molar-refractivity contribution in [1.82, 2.24) is 4.57 Å². The first-order valence-electron chi connectivity index (χ1n) is 12.6. The van der Waals surface area contributed by atoms with Crippen LogP contribution in [0.4, 0.5) is 10.7 Å². The molecule has 1 aliphatic rings. The first-order valence-corrected chi connectivity index (χ1v) is 16.0. The maximum atomic E-state index is 12.8. The molecule has 0 radical (unpaired) electrons. The van der Waals surface area contributed by atoms with Crippen LogP contribution in [0, 0.1) is 10.1 Å². The highest BCUT2D eigenvalue weighted by atomic mass is 32.2. The molecule has 0 saturated carbocycles. The number of benzene rings is 1. The Hall–Kier alpha value is -3.96. The molecule has 0 unspecified atom stereocenters. The highest BCUT2D eigenvalue weighted by Crippen LogP contribution is 2.38. The second-order valence-corrected chi connectivity index (χ2v) is 13.5. The lowest BCUT2D eigenvalue weighted by Crippen LogP contribution is -2.29. The van der Waals surface area contributed by atoms with Crippen LogP contribution in [-0.4, -0.2) is 67.4 Å². The monoisotopic (exact) mass is 638 g/mol. The molecule has 42 heavy (non-hydrogen) atoms. The molecule has 0 aliphatic heterocycles. The molecule has 14 nitrogen and oxygen atoms in total. The summed E-state index contributed by atoms with van der Waals surface area (Å²) in [5.74, 6) is -5.52. The fourth-order valence-electron chi connectivity index (χ4n) is 4.50. The number of hydrogen-bond donors (Lipinski definition) is 1. The third kappa shape index (κ3) is 7.08. The van der Waals surface area contributed by atoms with Crippen molar-refractivity contribution in [3.8, 4) is 0 Å². The second-order valence-electron chi connectivity index (χ2n) is 9.30. The van der Waals surface area contributed by atoms with E-state index in [0.717, 1.165) is 54.6 Å². The zero-order valence-corrected chi connectivity index (χ0v) is 25.0. The highest BCUT2D eigenvalue weighted by Gasteiger charge is 2.28. The number of carbonyl (C=O) groups excluding carboxylic acids is 4. The van der Waals surface area contributed by atoms with Crippen molar-refractivity contribution in [2.24, 2.45) is 4.99 Å². The number of carbonyl (C=O) groups is 4. The summed E-state index contributed by atoms with van der Waals surface area (Å²) in [6, 6.07) is 3.84. The number of thiazole rings is 1. The van der Waals surface area contributed by atoms with Gasteiger partial charge < -0.3 is 19.4 Å². The van der Waals surface area contributed by atoms with Gasteiger partial charge in [0, 0.05) is 17.0 Å². The molecule has 1 aliphatic carbocycles. The van der Waals surface area contributed by atoms with E-state index in [-0.39, 0.29) is 27.6 Å². The summed E-state index contributed by atoms with van der Waals surface area (Å²) in [5, 5.41) is 13.9. The van der Waals surface area contributed by atoms with Gasteiger partial charge in [-0.3, -0.25) is 24.5 Å². The van der Waals surface area contributed by atoms with Crippen LogP contribution >= 0.6 is 22.7 Å². The van der Waals surface area contributed by atoms with Crippen LogP contribution in [0.25, 0.3) is 10.2 Å². The molecule has 17 heteroatoms. The second kappa shape index (κ2) is 12.9. The molecule has 1 N–H and O–H groups in total. The minimum Gasteiger partial charge on any atom is -0.468 e. The number of sulfone groups is 1. The van der Waals surface area contributed by atoms with E-state index in [2.05, 4.69) is 15.0 Å². The molecule has 2 heterocycles. The maximum absolute atomic E-state index is 12.8. The number of anilines is 1. The summed E-state index contributed by atoms with van der Waals surface area (Å²) < 4.78 is 36.7. The predicted molar refractivity (Wildman–Crippen MR) is 153 cm³/mol. The summed E-state index contributed by atoms with van der Waals surface area (Å²) in [7, 11) is -1.93. The van der Waals surface area contributed by atoms with Crippen LogP contribution < -0.4 is 10.1 Å². The van der Waals surface area contributed by atoms with E-state index in [4.69, 9.17) is 4.74 Å². The molecule has 0 spiro atoms. The Morgan fingerprint density at radius 1 is 1.07 bits per heavy atom. The number of non-ortho nitro benzene ring substituents is 1. The van der Waals surface area contributed by atoms with E-state index in [1.54, 1.807) is 0 Å². The van der Waals surface area contributed by atoms with E-state index in [1.165, 1.54) is 41.2 Å². The number of ether oxygens (including phenoxy) is 2. The van der Waals surface area contributed by atoms with Crippen molar-refractivity contribution >= 4 is 77.2 Å². The minimum atomic E-state index is -4.31. The summed E-state index contributed by atoms with van der Waals surface area (Å²) in [4.78, 5) is 65.1. The highest BCUT2D eigenvalue weighted by molar-refractivity contribution is 7.92. The normalized spacial score (nSPS) is 13.7. The van der Waals surface area contributed by atoms with Crippen molar-refractivity contribution in [2.75, 3.05) is 31.0 Å². The van der Waals surface area contributed by atoms with Gasteiger partial charge in [0.25, 0.3) is 11.6 Å². The third-order valence-electron chi connectivity index (χ3n) is 6.37. The number of fused-ring (bicyclic) bond motifs is 2. The van der Waals surface area contributed by atoms with E-state index >= 15 is 0 Å². The van der Waals surface area contributed by atoms with Crippen LogP contribution in [0.1, 0.15) is 40.1 Å². The number of methoxy groups -OCH3 is 2. The van der Waals surface area contributed by atoms with E-state index in [9.17, 15) is 37.7 Å². The van der Waals surface area contributed by atoms with Crippen molar-refractivity contribution in [3.05, 3.63) is 49.1 Å². The Bertz CT molecular complexity index is 1770. The summed E-state index contributed by atoms with van der Waals surface area (Å²) in [6.07, 6.45) is 4.18. The van der Waals surface area contributed by atoms with E-state index in [1.807, 2.05) is 0 Å². The number of nitrogens with one attached hydrogen (secondary N) is 1. The zero-order valence-electron chi connectivity index (χ0n) is 22.5. The number of rotatable bonds is 9. The van der Waals surface area contributed by atoms with Gasteiger partial charge in [-0.15, -0.1) is 11.3 Å². The van der Waals surface area contributed by atoms with Gasteiger partial charge in [0.2, 0.25) is 5.91 Å². The fraction of sp³-hybridized carbons (Fsp3) is 0.400. The fourth-order valence-corrected chi connectivity index (χ4v) is 7.88. The molecule has 3 aromatic rings. The van der Waals surface area contributed by atoms with Crippen molar-refractivity contribution < 1.29 is 42.0 Å². The molecule has 0 atom stereocenters. The molecule has 1 aromatic carbocycles. The number of thiophene rings is 1. The van der Waals surface area contributed by atoms with Crippen molar-refractivity contribution in [3.63, 3.8) is 0 Å². The molecule has 0 saturated heterocycles. The van der Waals surface area contributed by atoms with Crippen LogP contribution in [-0.2, 0) is 53.1 Å². The number of nitro groups is 1. The largest absolute Gasteiger partial charge is 0.468 e. The number of aromatic nitrogens is 1. The lowest BCUT2D eigenvalue weighted by molar-refractivity contribution is -0.384. The number of aryl methyl sites for hydroxylation is 1. The van der Waals surface area contributed by atoms with E-state index < -0.39 is 50.0 Å². The lowest BCUT2D eigenvalue weighted by atomic mass is 10.1. The van der Waals surface area contributed by atoms with Gasteiger partial charge in [0.15, 0.2) is 14.6 Å². The molecule has 0 fully saturated rings. The number of nitro benzene ring substituents is 1. The van der Waals surface area contributed by atoms with Gasteiger partial charge in [0.1, 0.15) is 23.1 Å². The van der Waals surface area contributed by atoms with Crippen LogP contribution in [0.2, 0.25) is 0 Å². The summed E-state index contributed by atoms with van der Waals surface area (Å²) in [5.41, 5.74) is 1.14. The van der Waals surface area contributed by atoms with Crippen LogP contribution in [0.3, 0.4) is 0 Å². The summed E-state index contributed by atoms with van der Waals surface area (Å²) in [6.45, 7) is -0.386. The average molecular weight is 639 g/mol. The number of nitrogens with zero attached hydrogens (tertiary/aromatic N) is 3. The molecule has 4 rings (SSSR count). The topological polar surface area (TPSA) is 193 Å². The van der Waals surface area contributed by atoms with Crippen molar-refractivity contribution in [2.45, 2.75) is 38.6 Å². The Morgan fingerprint density at radius 3 is 2.50 bits per heavy atom. The van der Waals surface area contributed by atoms with E-state index in [0.29, 0.717) is 16.6 Å². The molecular formula is C25H26N4O10S3. The Labute approximate surface area is 247 Å². The Balaban J connectivity index is 1.55.